The molecule has 1 saturated heterocycles. The van der Waals surface area contributed by atoms with Crippen LogP contribution in [0.3, 0.4) is 0 Å². The molecule has 1 aromatic rings. The molecular formula is C7H10N6O2. The number of aryl methyl sites for hydroxylation is 1. The van der Waals surface area contributed by atoms with E-state index in [1.54, 1.807) is 7.05 Å². The maximum atomic E-state index is 11.2. The van der Waals surface area contributed by atoms with Crippen molar-refractivity contribution in [2.24, 2.45) is 7.05 Å². The largest absolute Gasteiger partial charge is 0.298 e. The van der Waals surface area contributed by atoms with Crippen LogP contribution in [0.2, 0.25) is 0 Å². The number of aromatic nitrogens is 4. The van der Waals surface area contributed by atoms with Crippen molar-refractivity contribution in [1.82, 2.24) is 30.8 Å². The van der Waals surface area contributed by atoms with Crippen molar-refractivity contribution < 1.29 is 9.59 Å². The topological polar surface area (TPSA) is 102 Å². The summed E-state index contributed by atoms with van der Waals surface area (Å²) in [5, 5.41) is 16.0. The van der Waals surface area contributed by atoms with Crippen LogP contribution >= 0.6 is 0 Å². The van der Waals surface area contributed by atoms with Crippen LogP contribution in [0.4, 0.5) is 0 Å². The van der Waals surface area contributed by atoms with Gasteiger partial charge in [0.2, 0.25) is 11.8 Å². The van der Waals surface area contributed by atoms with Crippen molar-refractivity contribution in [3.8, 4) is 0 Å². The van der Waals surface area contributed by atoms with Crippen LogP contribution in [0.25, 0.3) is 0 Å². The first kappa shape index (κ1) is 9.71. The van der Waals surface area contributed by atoms with Gasteiger partial charge in [-0.25, -0.2) is 4.68 Å². The van der Waals surface area contributed by atoms with E-state index in [0.717, 1.165) is 0 Å². The van der Waals surface area contributed by atoms with Gasteiger partial charge in [0, 0.05) is 7.05 Å². The Bertz CT molecular complexity index is 400. The second-order valence-corrected chi connectivity index (χ2v) is 3.27. The summed E-state index contributed by atoms with van der Waals surface area (Å²) < 4.78 is 1.50. The third kappa shape index (κ3) is 1.99. The summed E-state index contributed by atoms with van der Waals surface area (Å²) >= 11 is 0. The lowest BCUT2D eigenvalue weighted by Gasteiger charge is -2.06. The summed E-state index contributed by atoms with van der Waals surface area (Å²) in [4.78, 5) is 22.1. The van der Waals surface area contributed by atoms with Gasteiger partial charge in [0.25, 0.3) is 0 Å². The van der Waals surface area contributed by atoms with Gasteiger partial charge in [0.05, 0.1) is 19.0 Å². The highest BCUT2D eigenvalue weighted by atomic mass is 16.2. The first-order valence-electron chi connectivity index (χ1n) is 4.45. The predicted octanol–water partition coefficient (Wildman–Crippen LogP) is -2.29. The number of carbonyl (C=O) groups is 2. The second-order valence-electron chi connectivity index (χ2n) is 3.27. The van der Waals surface area contributed by atoms with E-state index in [1.807, 2.05) is 0 Å². The van der Waals surface area contributed by atoms with Gasteiger partial charge in [-0.15, -0.1) is 5.10 Å². The maximum absolute atomic E-state index is 11.2. The molecule has 0 radical (unpaired) electrons. The standard InChI is InChI=1S/C7H10N6O2/c1-13-5(10-11-12-13)3-8-4-2-6(14)9-7(4)15/h4,8H,2-3H2,1H3,(H,9,14,15)/t4-/m1/s1. The fourth-order valence-corrected chi connectivity index (χ4v) is 1.33. The highest BCUT2D eigenvalue weighted by molar-refractivity contribution is 6.05. The molecule has 0 spiro atoms. The van der Waals surface area contributed by atoms with Crippen LogP contribution in [0.15, 0.2) is 0 Å². The molecule has 80 valence electrons. The minimum Gasteiger partial charge on any atom is -0.298 e. The monoisotopic (exact) mass is 210 g/mol. The lowest BCUT2D eigenvalue weighted by Crippen LogP contribution is -2.36. The molecule has 1 aliphatic heterocycles. The van der Waals surface area contributed by atoms with E-state index in [2.05, 4.69) is 26.2 Å². The smallest absolute Gasteiger partial charge is 0.244 e. The average Bonchev–Trinajstić information content (AvgIpc) is 2.70. The Kier molecular flexibility index (Phi) is 2.42. The van der Waals surface area contributed by atoms with Gasteiger partial charge in [0.15, 0.2) is 5.82 Å². The number of rotatable bonds is 3. The number of hydrogen-bond acceptors (Lipinski definition) is 6. The number of nitrogens with zero attached hydrogens (tertiary/aromatic N) is 4. The summed E-state index contributed by atoms with van der Waals surface area (Å²) in [6, 6.07) is -0.478. The zero-order chi connectivity index (χ0) is 10.8. The number of nitrogens with one attached hydrogen (secondary N) is 2. The second kappa shape index (κ2) is 3.73. The number of imide groups is 1. The first-order valence-corrected chi connectivity index (χ1v) is 4.45. The van der Waals surface area contributed by atoms with E-state index in [4.69, 9.17) is 0 Å². The van der Waals surface area contributed by atoms with Crippen molar-refractivity contribution >= 4 is 11.8 Å². The summed E-state index contributed by atoms with van der Waals surface area (Å²) in [6.07, 6.45) is 0.171. The summed E-state index contributed by atoms with van der Waals surface area (Å²) in [7, 11) is 1.71. The Morgan fingerprint density at radius 2 is 2.40 bits per heavy atom. The molecular weight excluding hydrogens is 200 g/mol. The predicted molar refractivity (Wildman–Crippen MR) is 47.2 cm³/mol. The molecule has 0 unspecified atom stereocenters. The zero-order valence-corrected chi connectivity index (χ0v) is 8.10. The fourth-order valence-electron chi connectivity index (χ4n) is 1.33. The minimum absolute atomic E-state index is 0.171. The molecule has 0 aliphatic carbocycles. The van der Waals surface area contributed by atoms with Crippen LogP contribution in [-0.4, -0.2) is 38.1 Å². The van der Waals surface area contributed by atoms with Gasteiger partial charge < -0.3 is 0 Å². The Hall–Kier alpha value is -1.83. The maximum Gasteiger partial charge on any atom is 0.244 e. The molecule has 0 aromatic carbocycles. The van der Waals surface area contributed by atoms with Crippen molar-refractivity contribution in [3.63, 3.8) is 0 Å². The quantitative estimate of drug-likeness (QED) is 0.545. The van der Waals surface area contributed by atoms with Gasteiger partial charge in [0.1, 0.15) is 0 Å². The van der Waals surface area contributed by atoms with E-state index < -0.39 is 6.04 Å². The number of amides is 2. The Morgan fingerprint density at radius 3 is 2.93 bits per heavy atom. The fraction of sp³-hybridized carbons (Fsp3) is 0.571. The van der Waals surface area contributed by atoms with Crippen molar-refractivity contribution in [2.75, 3.05) is 0 Å². The van der Waals surface area contributed by atoms with Crippen molar-refractivity contribution in [3.05, 3.63) is 5.82 Å². The lowest BCUT2D eigenvalue weighted by atomic mass is 10.2. The van der Waals surface area contributed by atoms with Gasteiger partial charge in [-0.1, -0.05) is 0 Å². The van der Waals surface area contributed by atoms with Crippen LogP contribution in [-0.2, 0) is 23.2 Å². The van der Waals surface area contributed by atoms with E-state index in [9.17, 15) is 9.59 Å². The molecule has 2 amide bonds. The summed E-state index contributed by atoms with van der Waals surface area (Å²) in [6.45, 7) is 0.356. The molecule has 1 aliphatic rings. The molecule has 8 heteroatoms. The molecule has 1 fully saturated rings. The molecule has 1 aromatic heterocycles. The summed E-state index contributed by atoms with van der Waals surface area (Å²) in [5.74, 6) is 0.0610. The third-order valence-electron chi connectivity index (χ3n) is 2.18. The van der Waals surface area contributed by atoms with Gasteiger partial charge >= 0.3 is 0 Å². The molecule has 8 nitrogen and oxygen atoms in total. The van der Waals surface area contributed by atoms with Gasteiger partial charge in [-0.05, 0) is 10.4 Å². The first-order chi connectivity index (χ1) is 7.16. The van der Waals surface area contributed by atoms with Crippen LogP contribution in [0, 0.1) is 0 Å². The lowest BCUT2D eigenvalue weighted by molar-refractivity contribution is -0.125. The van der Waals surface area contributed by atoms with E-state index in [0.29, 0.717) is 12.4 Å². The van der Waals surface area contributed by atoms with Gasteiger partial charge in [-0.2, -0.15) is 0 Å². The van der Waals surface area contributed by atoms with Crippen LogP contribution in [0.1, 0.15) is 12.2 Å². The molecule has 15 heavy (non-hydrogen) atoms. The molecule has 1 atom stereocenters. The average molecular weight is 210 g/mol. The number of tetrazole rings is 1. The van der Waals surface area contributed by atoms with E-state index in [-0.39, 0.29) is 18.2 Å². The van der Waals surface area contributed by atoms with Crippen LogP contribution in [0.5, 0.6) is 0 Å². The number of hydrogen-bond donors (Lipinski definition) is 2. The van der Waals surface area contributed by atoms with Gasteiger partial charge in [-0.3, -0.25) is 20.2 Å². The SMILES string of the molecule is Cn1nnnc1CN[C@@H]1CC(=O)NC1=O. The highest BCUT2D eigenvalue weighted by Crippen LogP contribution is 2.02. The highest BCUT2D eigenvalue weighted by Gasteiger charge is 2.30. The summed E-state index contributed by atoms with van der Waals surface area (Å²) in [5.41, 5.74) is 0. The molecule has 2 heterocycles. The normalized spacial score (nSPS) is 20.7. The van der Waals surface area contributed by atoms with Crippen LogP contribution < -0.4 is 10.6 Å². The Balaban J connectivity index is 1.91. The molecule has 2 rings (SSSR count). The van der Waals surface area contributed by atoms with Crippen molar-refractivity contribution in [1.29, 1.82) is 0 Å². The molecule has 2 N–H and O–H groups in total. The number of carbonyl (C=O) groups excluding carboxylic acids is 2. The third-order valence-corrected chi connectivity index (χ3v) is 2.18. The minimum atomic E-state index is -0.478. The molecule has 0 saturated carbocycles. The molecule has 0 bridgehead atoms. The van der Waals surface area contributed by atoms with Crippen molar-refractivity contribution in [2.45, 2.75) is 19.0 Å². The Labute approximate surface area is 85.0 Å². The Morgan fingerprint density at radius 1 is 1.60 bits per heavy atom. The van der Waals surface area contributed by atoms with E-state index >= 15 is 0 Å². The van der Waals surface area contributed by atoms with E-state index in [1.165, 1.54) is 4.68 Å². The zero-order valence-electron chi connectivity index (χ0n) is 8.10.